The van der Waals surface area contributed by atoms with Crippen LogP contribution in [0, 0.1) is 24.2 Å². The Morgan fingerprint density at radius 1 is 1.26 bits per heavy atom. The van der Waals surface area contributed by atoms with Gasteiger partial charge in [0.1, 0.15) is 12.4 Å². The van der Waals surface area contributed by atoms with Crippen molar-refractivity contribution in [1.82, 2.24) is 15.4 Å². The van der Waals surface area contributed by atoms with Crippen LogP contribution in [0.15, 0.2) is 40.9 Å². The smallest absolute Gasteiger partial charge is 0.407 e. The number of aromatic nitrogens is 1. The summed E-state index contributed by atoms with van der Waals surface area (Å²) in [5, 5.41) is 26.0. The summed E-state index contributed by atoms with van der Waals surface area (Å²) >= 11 is 0. The summed E-state index contributed by atoms with van der Waals surface area (Å²) in [5.74, 6) is 1.26. The summed E-state index contributed by atoms with van der Waals surface area (Å²) in [5.41, 5.74) is 4.30. The van der Waals surface area contributed by atoms with Crippen LogP contribution in [0.3, 0.4) is 0 Å². The molecule has 0 saturated carbocycles. The SMILES string of the molecule is CNC.Cc1cc(OCc2ccc(C#N)cc2)cc2c(CCC3CCN(C(=O)O)CC3)noc12. The fourth-order valence-electron chi connectivity index (χ4n) is 4.09. The monoisotopic (exact) mass is 464 g/mol. The van der Waals surface area contributed by atoms with Crippen molar-refractivity contribution < 1.29 is 19.2 Å². The van der Waals surface area contributed by atoms with Crippen molar-refractivity contribution in [3.8, 4) is 11.8 Å². The second-order valence-electron chi connectivity index (χ2n) is 8.60. The first-order valence-corrected chi connectivity index (χ1v) is 11.5. The first-order chi connectivity index (χ1) is 16.4. The molecule has 0 spiro atoms. The van der Waals surface area contributed by atoms with E-state index >= 15 is 0 Å². The van der Waals surface area contributed by atoms with E-state index in [2.05, 4.69) is 16.5 Å². The van der Waals surface area contributed by atoms with E-state index in [0.29, 0.717) is 31.2 Å². The van der Waals surface area contributed by atoms with Gasteiger partial charge in [0.2, 0.25) is 0 Å². The van der Waals surface area contributed by atoms with E-state index in [4.69, 9.17) is 19.6 Å². The number of carboxylic acid groups (broad SMARTS) is 1. The fraction of sp³-hybridized carbons (Fsp3) is 0.423. The lowest BCUT2D eigenvalue weighted by Gasteiger charge is -2.29. The quantitative estimate of drug-likeness (QED) is 0.542. The molecule has 0 radical (unpaired) electrons. The van der Waals surface area contributed by atoms with Crippen LogP contribution in [0.4, 0.5) is 4.79 Å². The first-order valence-electron chi connectivity index (χ1n) is 11.5. The summed E-state index contributed by atoms with van der Waals surface area (Å²) in [4.78, 5) is 12.6. The van der Waals surface area contributed by atoms with Crippen LogP contribution in [0.2, 0.25) is 0 Å². The van der Waals surface area contributed by atoms with Gasteiger partial charge in [-0.15, -0.1) is 0 Å². The lowest BCUT2D eigenvalue weighted by atomic mass is 9.91. The molecule has 34 heavy (non-hydrogen) atoms. The summed E-state index contributed by atoms with van der Waals surface area (Å²) in [7, 11) is 3.75. The molecule has 1 fully saturated rings. The highest BCUT2D eigenvalue weighted by atomic mass is 16.5. The second kappa shape index (κ2) is 12.1. The van der Waals surface area contributed by atoms with E-state index in [0.717, 1.165) is 59.2 Å². The molecular weight excluding hydrogens is 432 g/mol. The van der Waals surface area contributed by atoms with E-state index in [1.165, 1.54) is 4.90 Å². The number of benzene rings is 2. The van der Waals surface area contributed by atoms with Gasteiger partial charge in [0, 0.05) is 18.5 Å². The Morgan fingerprint density at radius 3 is 2.56 bits per heavy atom. The second-order valence-corrected chi connectivity index (χ2v) is 8.60. The maximum atomic E-state index is 11.1. The molecule has 4 rings (SSSR count). The zero-order valence-electron chi connectivity index (χ0n) is 20.0. The van der Waals surface area contributed by atoms with Gasteiger partial charge < -0.3 is 24.6 Å². The van der Waals surface area contributed by atoms with Crippen LogP contribution in [0.25, 0.3) is 11.0 Å². The van der Waals surface area contributed by atoms with Crippen molar-refractivity contribution in [2.45, 2.75) is 39.2 Å². The number of fused-ring (bicyclic) bond motifs is 1. The average Bonchev–Trinajstić information content (AvgIpc) is 3.26. The van der Waals surface area contributed by atoms with Crippen LogP contribution in [-0.2, 0) is 13.0 Å². The van der Waals surface area contributed by atoms with E-state index in [9.17, 15) is 4.79 Å². The summed E-state index contributed by atoms with van der Waals surface area (Å²) in [6.07, 6.45) is 2.71. The number of rotatable bonds is 6. The standard InChI is InChI=1S/C24H25N3O4.C2H7N/c1-16-12-20(30-15-19-4-2-18(14-25)3-5-19)13-21-22(26-31-23(16)21)7-6-17-8-10-27(11-9-17)24(28)29;1-3-2/h2-5,12-13,17H,6-11,15H2,1H3,(H,28,29);3H,1-2H3. The number of ether oxygens (including phenoxy) is 1. The van der Waals surface area contributed by atoms with Gasteiger partial charge in [0.05, 0.1) is 17.3 Å². The molecular formula is C26H32N4O4. The summed E-state index contributed by atoms with van der Waals surface area (Å²) in [6, 6.07) is 13.4. The van der Waals surface area contributed by atoms with Crippen LogP contribution in [0.5, 0.6) is 5.75 Å². The Morgan fingerprint density at radius 2 is 1.94 bits per heavy atom. The highest BCUT2D eigenvalue weighted by Gasteiger charge is 2.23. The van der Waals surface area contributed by atoms with Crippen molar-refractivity contribution in [3.63, 3.8) is 0 Å². The summed E-state index contributed by atoms with van der Waals surface area (Å²) in [6.45, 7) is 3.60. The third-order valence-corrected chi connectivity index (χ3v) is 5.97. The van der Waals surface area contributed by atoms with E-state index in [1.807, 2.05) is 45.3 Å². The molecule has 2 N–H and O–H groups in total. The molecule has 2 aromatic carbocycles. The van der Waals surface area contributed by atoms with Crippen molar-refractivity contribution in [1.29, 1.82) is 5.26 Å². The number of hydrogen-bond acceptors (Lipinski definition) is 6. The molecule has 8 heteroatoms. The van der Waals surface area contributed by atoms with Gasteiger partial charge >= 0.3 is 6.09 Å². The van der Waals surface area contributed by atoms with Gasteiger partial charge in [-0.05, 0) is 88.0 Å². The molecule has 1 aliphatic rings. The van der Waals surface area contributed by atoms with Crippen LogP contribution >= 0.6 is 0 Å². The van der Waals surface area contributed by atoms with Gasteiger partial charge in [-0.3, -0.25) is 0 Å². The van der Waals surface area contributed by atoms with Crippen molar-refractivity contribution in [3.05, 3.63) is 58.8 Å². The normalized spacial score (nSPS) is 13.8. The molecule has 1 aliphatic heterocycles. The molecule has 1 saturated heterocycles. The zero-order valence-corrected chi connectivity index (χ0v) is 20.0. The van der Waals surface area contributed by atoms with Gasteiger partial charge in [-0.2, -0.15) is 5.26 Å². The zero-order chi connectivity index (χ0) is 24.5. The molecule has 180 valence electrons. The minimum atomic E-state index is -0.829. The molecule has 0 aliphatic carbocycles. The molecule has 0 unspecified atom stereocenters. The molecule has 0 bridgehead atoms. The Kier molecular flexibility index (Phi) is 8.88. The van der Waals surface area contributed by atoms with Crippen molar-refractivity contribution in [2.75, 3.05) is 27.2 Å². The maximum absolute atomic E-state index is 11.1. The molecule has 0 atom stereocenters. The molecule has 2 heterocycles. The van der Waals surface area contributed by atoms with E-state index < -0.39 is 6.09 Å². The molecule has 3 aromatic rings. The fourth-order valence-corrected chi connectivity index (χ4v) is 4.09. The van der Waals surface area contributed by atoms with Crippen LogP contribution in [-0.4, -0.2) is 48.4 Å². The Balaban J connectivity index is 0.00000103. The lowest BCUT2D eigenvalue weighted by molar-refractivity contribution is 0.123. The minimum Gasteiger partial charge on any atom is -0.489 e. The van der Waals surface area contributed by atoms with Crippen molar-refractivity contribution >= 4 is 17.1 Å². The topological polar surface area (TPSA) is 112 Å². The number of nitrogens with one attached hydrogen (secondary N) is 1. The first kappa shape index (κ1) is 25.1. The number of piperidine rings is 1. The lowest BCUT2D eigenvalue weighted by Crippen LogP contribution is -2.37. The number of nitrogens with zero attached hydrogens (tertiary/aromatic N) is 3. The minimum absolute atomic E-state index is 0.416. The Bertz CT molecular complexity index is 1130. The van der Waals surface area contributed by atoms with Gasteiger partial charge in [0.15, 0.2) is 5.58 Å². The highest BCUT2D eigenvalue weighted by molar-refractivity contribution is 5.84. The molecule has 8 nitrogen and oxygen atoms in total. The predicted octanol–water partition coefficient (Wildman–Crippen LogP) is 4.75. The van der Waals surface area contributed by atoms with Crippen LogP contribution in [0.1, 0.15) is 41.6 Å². The number of likely N-dealkylation sites (tertiary alicyclic amines) is 1. The predicted molar refractivity (Wildman–Crippen MR) is 130 cm³/mol. The largest absolute Gasteiger partial charge is 0.489 e. The number of aryl methyl sites for hydroxylation is 2. The van der Waals surface area contributed by atoms with Crippen molar-refractivity contribution in [2.24, 2.45) is 5.92 Å². The summed E-state index contributed by atoms with van der Waals surface area (Å²) < 4.78 is 11.6. The number of amides is 1. The van der Waals surface area contributed by atoms with Gasteiger partial charge in [-0.25, -0.2) is 4.79 Å². The van der Waals surface area contributed by atoms with E-state index in [-0.39, 0.29) is 0 Å². The number of nitriles is 1. The van der Waals surface area contributed by atoms with Gasteiger partial charge in [0.25, 0.3) is 0 Å². The molecule has 1 aromatic heterocycles. The van der Waals surface area contributed by atoms with Crippen LogP contribution < -0.4 is 10.1 Å². The third-order valence-electron chi connectivity index (χ3n) is 5.97. The van der Waals surface area contributed by atoms with Gasteiger partial charge in [-0.1, -0.05) is 17.3 Å². The molecule has 1 amide bonds. The number of carbonyl (C=O) groups is 1. The van der Waals surface area contributed by atoms with E-state index in [1.54, 1.807) is 12.1 Å². The Labute approximate surface area is 200 Å². The third kappa shape index (κ3) is 6.49. The Hall–Kier alpha value is -3.57. The highest BCUT2D eigenvalue weighted by Crippen LogP contribution is 2.30. The maximum Gasteiger partial charge on any atom is 0.407 e. The average molecular weight is 465 g/mol. The number of hydrogen-bond donors (Lipinski definition) is 2.